The van der Waals surface area contributed by atoms with Crippen LogP contribution in [0.5, 0.6) is 0 Å². The molecule has 0 aliphatic heterocycles. The summed E-state index contributed by atoms with van der Waals surface area (Å²) in [5, 5.41) is 9.75. The smallest absolute Gasteiger partial charge is 0.233 e. The van der Waals surface area contributed by atoms with Crippen molar-refractivity contribution in [3.05, 3.63) is 29.3 Å². The minimum absolute atomic E-state index is 0.248. The van der Waals surface area contributed by atoms with E-state index in [1.807, 2.05) is 0 Å². The van der Waals surface area contributed by atoms with Crippen LogP contribution >= 0.6 is 0 Å². The van der Waals surface area contributed by atoms with Crippen molar-refractivity contribution in [2.75, 3.05) is 16.0 Å². The third kappa shape index (κ3) is 5.09. The summed E-state index contributed by atoms with van der Waals surface area (Å²) < 4.78 is 0. The molecule has 0 amide bonds. The average molecular weight is 314 g/mol. The molecule has 124 valence electrons. The molecular weight excluding hydrogens is 288 g/mol. The Morgan fingerprint density at radius 3 is 1.83 bits per heavy atom. The van der Waals surface area contributed by atoms with Gasteiger partial charge in [0.1, 0.15) is 0 Å². The highest BCUT2D eigenvalue weighted by Crippen LogP contribution is 2.21. The molecule has 0 atom stereocenters. The van der Waals surface area contributed by atoms with E-state index in [4.69, 9.17) is 0 Å². The van der Waals surface area contributed by atoms with Gasteiger partial charge in [-0.3, -0.25) is 0 Å². The molecule has 1 aromatic carbocycles. The van der Waals surface area contributed by atoms with Crippen LogP contribution in [-0.4, -0.2) is 27.0 Å². The summed E-state index contributed by atoms with van der Waals surface area (Å²) in [6.07, 6.45) is 0. The maximum absolute atomic E-state index is 4.46. The van der Waals surface area contributed by atoms with Crippen LogP contribution in [0.15, 0.2) is 18.2 Å². The van der Waals surface area contributed by atoms with Gasteiger partial charge in [-0.05, 0) is 58.7 Å². The van der Waals surface area contributed by atoms with Crippen LogP contribution in [0, 0.1) is 13.8 Å². The Labute approximate surface area is 138 Å². The van der Waals surface area contributed by atoms with E-state index in [0.29, 0.717) is 17.8 Å². The van der Waals surface area contributed by atoms with Gasteiger partial charge >= 0.3 is 0 Å². The first-order valence-electron chi connectivity index (χ1n) is 7.97. The van der Waals surface area contributed by atoms with Crippen molar-refractivity contribution < 1.29 is 0 Å². The lowest BCUT2D eigenvalue weighted by Crippen LogP contribution is -2.18. The monoisotopic (exact) mass is 314 g/mol. The van der Waals surface area contributed by atoms with E-state index in [2.05, 4.69) is 90.6 Å². The molecule has 0 aliphatic carbocycles. The van der Waals surface area contributed by atoms with Gasteiger partial charge in [-0.1, -0.05) is 12.1 Å². The van der Waals surface area contributed by atoms with Gasteiger partial charge in [0, 0.05) is 17.8 Å². The molecule has 6 heteroatoms. The molecule has 0 saturated carbocycles. The average Bonchev–Trinajstić information content (AvgIpc) is 2.41. The van der Waals surface area contributed by atoms with Gasteiger partial charge in [-0.25, -0.2) is 0 Å². The molecule has 0 aliphatic rings. The molecule has 2 rings (SSSR count). The van der Waals surface area contributed by atoms with Crippen molar-refractivity contribution in [3.63, 3.8) is 0 Å². The Morgan fingerprint density at radius 1 is 0.783 bits per heavy atom. The summed E-state index contributed by atoms with van der Waals surface area (Å²) >= 11 is 0. The Kier molecular flexibility index (Phi) is 5.36. The molecule has 2 aromatic rings. The van der Waals surface area contributed by atoms with Gasteiger partial charge in [-0.2, -0.15) is 15.0 Å². The number of benzene rings is 1. The van der Waals surface area contributed by atoms with Gasteiger partial charge in [0.05, 0.1) is 0 Å². The highest BCUT2D eigenvalue weighted by molar-refractivity contribution is 5.60. The molecular formula is C17H26N6. The first-order chi connectivity index (χ1) is 10.8. The van der Waals surface area contributed by atoms with Crippen molar-refractivity contribution in [1.29, 1.82) is 0 Å². The maximum atomic E-state index is 4.46. The van der Waals surface area contributed by atoms with E-state index in [-0.39, 0.29) is 12.1 Å². The lowest BCUT2D eigenvalue weighted by Gasteiger charge is -2.15. The minimum atomic E-state index is 0.248. The van der Waals surface area contributed by atoms with Crippen molar-refractivity contribution in [3.8, 4) is 0 Å². The number of anilines is 4. The highest BCUT2D eigenvalue weighted by atomic mass is 15.3. The normalized spacial score (nSPS) is 11.0. The maximum Gasteiger partial charge on any atom is 0.233 e. The van der Waals surface area contributed by atoms with Crippen LogP contribution in [0.1, 0.15) is 38.8 Å². The number of aromatic nitrogens is 3. The second-order valence-electron chi connectivity index (χ2n) is 6.35. The number of nitrogens with zero attached hydrogens (tertiary/aromatic N) is 3. The van der Waals surface area contributed by atoms with Crippen LogP contribution in [-0.2, 0) is 0 Å². The van der Waals surface area contributed by atoms with Gasteiger partial charge < -0.3 is 16.0 Å². The Hall–Kier alpha value is -2.37. The van der Waals surface area contributed by atoms with Crippen LogP contribution in [0.3, 0.4) is 0 Å². The number of nitrogens with one attached hydrogen (secondary N) is 3. The Balaban J connectivity index is 2.33. The van der Waals surface area contributed by atoms with E-state index in [9.17, 15) is 0 Å². The molecule has 1 aromatic heterocycles. The van der Waals surface area contributed by atoms with Crippen LogP contribution in [0.4, 0.5) is 23.5 Å². The number of aryl methyl sites for hydroxylation is 2. The van der Waals surface area contributed by atoms with Gasteiger partial charge in [0.15, 0.2) is 0 Å². The zero-order chi connectivity index (χ0) is 17.0. The molecule has 0 fully saturated rings. The van der Waals surface area contributed by atoms with Crippen LogP contribution < -0.4 is 16.0 Å². The minimum Gasteiger partial charge on any atom is -0.352 e. The molecule has 0 unspecified atom stereocenters. The van der Waals surface area contributed by atoms with E-state index in [1.165, 1.54) is 5.56 Å². The number of rotatable bonds is 6. The van der Waals surface area contributed by atoms with E-state index >= 15 is 0 Å². The fourth-order valence-corrected chi connectivity index (χ4v) is 2.07. The third-order valence-corrected chi connectivity index (χ3v) is 3.11. The molecule has 0 bridgehead atoms. The lowest BCUT2D eigenvalue weighted by molar-refractivity contribution is 0.847. The van der Waals surface area contributed by atoms with Crippen molar-refractivity contribution in [2.45, 2.75) is 53.6 Å². The van der Waals surface area contributed by atoms with E-state index in [1.54, 1.807) is 0 Å². The summed E-state index contributed by atoms with van der Waals surface area (Å²) in [6.45, 7) is 12.3. The van der Waals surface area contributed by atoms with Crippen molar-refractivity contribution >= 4 is 23.5 Å². The topological polar surface area (TPSA) is 74.8 Å². The fourth-order valence-electron chi connectivity index (χ4n) is 2.07. The predicted octanol–water partition coefficient (Wildman–Crippen LogP) is 3.87. The Morgan fingerprint density at radius 2 is 1.30 bits per heavy atom. The first kappa shape index (κ1) is 17.0. The second-order valence-corrected chi connectivity index (χ2v) is 6.35. The number of hydrogen-bond donors (Lipinski definition) is 3. The largest absolute Gasteiger partial charge is 0.352 e. The second kappa shape index (κ2) is 7.26. The molecule has 0 radical (unpaired) electrons. The SMILES string of the molecule is Cc1ccc(C)c(Nc2nc(NC(C)C)nc(NC(C)C)n2)c1. The molecule has 0 spiro atoms. The highest BCUT2D eigenvalue weighted by Gasteiger charge is 2.10. The zero-order valence-corrected chi connectivity index (χ0v) is 14.7. The summed E-state index contributed by atoms with van der Waals surface area (Å²) in [7, 11) is 0. The molecule has 1 heterocycles. The Bertz CT molecular complexity index is 638. The standard InChI is InChI=1S/C17H26N6/c1-10(2)18-15-21-16(19-11(3)4)23-17(22-15)20-14-9-12(5)7-8-13(14)6/h7-11H,1-6H3,(H3,18,19,20,21,22,23). The van der Waals surface area contributed by atoms with Crippen LogP contribution in [0.25, 0.3) is 0 Å². The lowest BCUT2D eigenvalue weighted by atomic mass is 10.1. The molecule has 3 N–H and O–H groups in total. The predicted molar refractivity (Wildman–Crippen MR) is 96.5 cm³/mol. The van der Waals surface area contributed by atoms with Crippen LogP contribution in [0.2, 0.25) is 0 Å². The molecule has 0 saturated heterocycles. The summed E-state index contributed by atoms with van der Waals surface area (Å²) in [4.78, 5) is 13.3. The van der Waals surface area contributed by atoms with Gasteiger partial charge in [0.25, 0.3) is 0 Å². The number of hydrogen-bond acceptors (Lipinski definition) is 6. The quantitative estimate of drug-likeness (QED) is 0.751. The fraction of sp³-hybridized carbons (Fsp3) is 0.471. The van der Waals surface area contributed by atoms with Crippen molar-refractivity contribution in [2.24, 2.45) is 0 Å². The molecule has 23 heavy (non-hydrogen) atoms. The molecule has 6 nitrogen and oxygen atoms in total. The van der Waals surface area contributed by atoms with Gasteiger partial charge in [-0.15, -0.1) is 0 Å². The van der Waals surface area contributed by atoms with Gasteiger partial charge in [0.2, 0.25) is 17.8 Å². The first-order valence-corrected chi connectivity index (χ1v) is 7.97. The van der Waals surface area contributed by atoms with E-state index in [0.717, 1.165) is 11.3 Å². The summed E-state index contributed by atoms with van der Waals surface area (Å²) in [5.74, 6) is 1.65. The summed E-state index contributed by atoms with van der Waals surface area (Å²) in [5.41, 5.74) is 3.34. The zero-order valence-electron chi connectivity index (χ0n) is 14.7. The summed E-state index contributed by atoms with van der Waals surface area (Å²) in [6, 6.07) is 6.76. The van der Waals surface area contributed by atoms with E-state index < -0.39 is 0 Å². The van der Waals surface area contributed by atoms with Crippen molar-refractivity contribution in [1.82, 2.24) is 15.0 Å². The third-order valence-electron chi connectivity index (χ3n) is 3.11.